The Morgan fingerprint density at radius 2 is 2.39 bits per heavy atom. The molecule has 0 bridgehead atoms. The molecule has 2 aromatic rings. The molecule has 0 radical (unpaired) electrons. The summed E-state index contributed by atoms with van der Waals surface area (Å²) in [6.45, 7) is 0.813. The second kappa shape index (κ2) is 4.73. The van der Waals surface area contributed by atoms with Crippen molar-refractivity contribution in [3.05, 3.63) is 36.0 Å². The van der Waals surface area contributed by atoms with Gasteiger partial charge in [-0.3, -0.25) is 4.79 Å². The Hall–Kier alpha value is -1.95. The molecule has 1 aliphatic heterocycles. The van der Waals surface area contributed by atoms with Gasteiger partial charge in [-0.25, -0.2) is 0 Å². The number of benzene rings is 1. The highest BCUT2D eigenvalue weighted by atomic mass is 32.1. The van der Waals surface area contributed by atoms with Gasteiger partial charge in [0, 0.05) is 36.1 Å². The molecule has 1 unspecified atom stereocenters. The van der Waals surface area contributed by atoms with Gasteiger partial charge >= 0.3 is 0 Å². The van der Waals surface area contributed by atoms with Crippen LogP contribution in [0.15, 0.2) is 30.5 Å². The van der Waals surface area contributed by atoms with Crippen molar-refractivity contribution >= 4 is 28.1 Å². The third kappa shape index (κ3) is 2.19. The van der Waals surface area contributed by atoms with E-state index in [-0.39, 0.29) is 11.8 Å². The van der Waals surface area contributed by atoms with E-state index in [0.717, 1.165) is 12.2 Å². The lowest BCUT2D eigenvalue weighted by Gasteiger charge is -2.09. The van der Waals surface area contributed by atoms with Crippen LogP contribution in [0.3, 0.4) is 0 Å². The summed E-state index contributed by atoms with van der Waals surface area (Å²) in [6.07, 6.45) is 2.03. The molecule has 0 spiro atoms. The molecule has 0 aliphatic carbocycles. The van der Waals surface area contributed by atoms with E-state index in [1.54, 1.807) is 6.20 Å². The summed E-state index contributed by atoms with van der Waals surface area (Å²) < 4.78 is 3.71. The Bertz CT molecular complexity index is 555. The van der Waals surface area contributed by atoms with Crippen molar-refractivity contribution in [1.29, 1.82) is 0 Å². The number of aromatic nitrogens is 2. The quantitative estimate of drug-likeness (QED) is 0.886. The Balaban J connectivity index is 1.66. The van der Waals surface area contributed by atoms with Crippen LogP contribution in [0.25, 0.3) is 0 Å². The average molecular weight is 260 g/mol. The number of rotatable bonds is 3. The predicted molar refractivity (Wildman–Crippen MR) is 70.8 cm³/mol. The highest BCUT2D eigenvalue weighted by Crippen LogP contribution is 2.33. The summed E-state index contributed by atoms with van der Waals surface area (Å²) in [4.78, 5) is 11.9. The van der Waals surface area contributed by atoms with Gasteiger partial charge in [0.05, 0.1) is 6.20 Å². The number of nitrogens with zero attached hydrogens (tertiary/aromatic N) is 2. The third-order valence-corrected chi connectivity index (χ3v) is 3.58. The number of carbonyl (C=O) groups excluding carboxylic acids is 1. The van der Waals surface area contributed by atoms with Crippen LogP contribution in [0.4, 0.5) is 10.7 Å². The maximum Gasteiger partial charge on any atom is 0.225 e. The zero-order valence-electron chi connectivity index (χ0n) is 9.59. The van der Waals surface area contributed by atoms with E-state index >= 15 is 0 Å². The van der Waals surface area contributed by atoms with Crippen LogP contribution in [-0.2, 0) is 4.79 Å². The standard InChI is InChI=1S/C12H12N4OS/c17-11(15-12-7-14-16-18-12)5-8-6-13-10-4-2-1-3-9(8)10/h1-4,7-8,13H,5-6H2,(H,15,17). The van der Waals surface area contributed by atoms with Crippen molar-refractivity contribution in [3.8, 4) is 0 Å². The highest BCUT2D eigenvalue weighted by Gasteiger charge is 2.24. The molecule has 1 aromatic heterocycles. The molecule has 2 N–H and O–H groups in total. The molecule has 1 amide bonds. The minimum absolute atomic E-state index is 0.00422. The Labute approximate surface area is 108 Å². The van der Waals surface area contributed by atoms with Gasteiger partial charge < -0.3 is 10.6 Å². The molecular formula is C12H12N4OS. The summed E-state index contributed by atoms with van der Waals surface area (Å²) >= 11 is 1.19. The highest BCUT2D eigenvalue weighted by molar-refractivity contribution is 7.10. The fourth-order valence-electron chi connectivity index (χ4n) is 2.17. The van der Waals surface area contributed by atoms with Crippen LogP contribution in [0.5, 0.6) is 0 Å². The molecule has 1 atom stereocenters. The van der Waals surface area contributed by atoms with Gasteiger partial charge in [-0.2, -0.15) is 0 Å². The average Bonchev–Trinajstić information content (AvgIpc) is 3.00. The zero-order valence-corrected chi connectivity index (χ0v) is 10.4. The fourth-order valence-corrected chi connectivity index (χ4v) is 2.61. The minimum Gasteiger partial charge on any atom is -0.384 e. The third-order valence-electron chi connectivity index (χ3n) is 3.00. The molecule has 0 saturated heterocycles. The van der Waals surface area contributed by atoms with Gasteiger partial charge in [0.2, 0.25) is 5.91 Å². The number of hydrogen-bond acceptors (Lipinski definition) is 5. The van der Waals surface area contributed by atoms with Crippen molar-refractivity contribution in [1.82, 2.24) is 9.59 Å². The molecule has 18 heavy (non-hydrogen) atoms. The van der Waals surface area contributed by atoms with Crippen molar-refractivity contribution in [2.45, 2.75) is 12.3 Å². The molecular weight excluding hydrogens is 248 g/mol. The zero-order chi connectivity index (χ0) is 12.4. The lowest BCUT2D eigenvalue weighted by molar-refractivity contribution is -0.116. The predicted octanol–water partition coefficient (Wildman–Crippen LogP) is 2.08. The number of amides is 1. The first-order valence-electron chi connectivity index (χ1n) is 5.73. The van der Waals surface area contributed by atoms with E-state index in [4.69, 9.17) is 0 Å². The summed E-state index contributed by atoms with van der Waals surface area (Å²) in [5, 5.41) is 10.5. The first-order chi connectivity index (χ1) is 8.83. The Morgan fingerprint density at radius 3 is 3.22 bits per heavy atom. The number of para-hydroxylation sites is 1. The van der Waals surface area contributed by atoms with Crippen LogP contribution in [0, 0.1) is 0 Å². The van der Waals surface area contributed by atoms with E-state index < -0.39 is 0 Å². The molecule has 3 rings (SSSR count). The molecule has 0 fully saturated rings. The topological polar surface area (TPSA) is 66.9 Å². The molecule has 1 aromatic carbocycles. The van der Waals surface area contributed by atoms with E-state index in [9.17, 15) is 4.79 Å². The molecule has 1 aliphatic rings. The SMILES string of the molecule is O=C(CC1CNc2ccccc21)Nc1cnns1. The number of anilines is 2. The van der Waals surface area contributed by atoms with Gasteiger partial charge in [0.15, 0.2) is 0 Å². The van der Waals surface area contributed by atoms with Gasteiger partial charge in [-0.05, 0) is 11.6 Å². The molecule has 2 heterocycles. The smallest absolute Gasteiger partial charge is 0.225 e. The maximum atomic E-state index is 11.9. The number of hydrogen-bond donors (Lipinski definition) is 2. The first-order valence-corrected chi connectivity index (χ1v) is 6.50. The molecule has 0 saturated carbocycles. The van der Waals surface area contributed by atoms with Crippen LogP contribution < -0.4 is 10.6 Å². The summed E-state index contributed by atoms with van der Waals surface area (Å²) in [6, 6.07) is 8.11. The maximum absolute atomic E-state index is 11.9. The Kier molecular flexibility index (Phi) is 2.93. The fraction of sp³-hybridized carbons (Fsp3) is 0.250. The largest absolute Gasteiger partial charge is 0.384 e. The molecule has 92 valence electrons. The van der Waals surface area contributed by atoms with Crippen LogP contribution in [0.2, 0.25) is 0 Å². The summed E-state index contributed by atoms with van der Waals surface area (Å²) in [5.74, 6) is 0.242. The minimum atomic E-state index is 0.00422. The molecule has 5 nitrogen and oxygen atoms in total. The first kappa shape index (κ1) is 11.2. The summed E-state index contributed by atoms with van der Waals surface area (Å²) in [7, 11) is 0. The number of carbonyl (C=O) groups is 1. The van der Waals surface area contributed by atoms with Crippen LogP contribution in [-0.4, -0.2) is 22.0 Å². The van der Waals surface area contributed by atoms with E-state index in [2.05, 4.69) is 26.3 Å². The van der Waals surface area contributed by atoms with Gasteiger partial charge in [-0.1, -0.05) is 22.7 Å². The van der Waals surface area contributed by atoms with E-state index in [0.29, 0.717) is 11.4 Å². The Morgan fingerprint density at radius 1 is 1.50 bits per heavy atom. The summed E-state index contributed by atoms with van der Waals surface area (Å²) in [5.41, 5.74) is 2.35. The van der Waals surface area contributed by atoms with Gasteiger partial charge in [0.25, 0.3) is 0 Å². The molecule has 6 heteroatoms. The van der Waals surface area contributed by atoms with Gasteiger partial charge in [-0.15, -0.1) is 5.10 Å². The second-order valence-corrected chi connectivity index (χ2v) is 4.98. The second-order valence-electron chi connectivity index (χ2n) is 4.20. The van der Waals surface area contributed by atoms with E-state index in [1.165, 1.54) is 17.1 Å². The van der Waals surface area contributed by atoms with Gasteiger partial charge in [0.1, 0.15) is 5.00 Å². The monoisotopic (exact) mass is 260 g/mol. The van der Waals surface area contributed by atoms with Crippen molar-refractivity contribution < 1.29 is 4.79 Å². The van der Waals surface area contributed by atoms with Crippen molar-refractivity contribution in [3.63, 3.8) is 0 Å². The lowest BCUT2D eigenvalue weighted by Crippen LogP contribution is -2.16. The van der Waals surface area contributed by atoms with Crippen LogP contribution >= 0.6 is 11.5 Å². The van der Waals surface area contributed by atoms with E-state index in [1.807, 2.05) is 18.2 Å². The lowest BCUT2D eigenvalue weighted by atomic mass is 9.98. The normalized spacial score (nSPS) is 17.0. The van der Waals surface area contributed by atoms with Crippen molar-refractivity contribution in [2.24, 2.45) is 0 Å². The number of fused-ring (bicyclic) bond motifs is 1. The number of nitrogens with one attached hydrogen (secondary N) is 2. The van der Waals surface area contributed by atoms with Crippen molar-refractivity contribution in [2.75, 3.05) is 17.2 Å². The van der Waals surface area contributed by atoms with Crippen LogP contribution in [0.1, 0.15) is 17.9 Å².